The first-order valence-corrected chi connectivity index (χ1v) is 6.48. The van der Waals surface area contributed by atoms with E-state index in [4.69, 9.17) is 4.74 Å². The van der Waals surface area contributed by atoms with Gasteiger partial charge in [-0.2, -0.15) is 13.2 Å². The fourth-order valence-corrected chi connectivity index (χ4v) is 2.12. The van der Waals surface area contributed by atoms with Crippen molar-refractivity contribution in [1.82, 2.24) is 5.32 Å². The van der Waals surface area contributed by atoms with Crippen LogP contribution in [0.1, 0.15) is 18.4 Å². The molecule has 1 aliphatic heterocycles. The Balaban J connectivity index is 1.75. The highest BCUT2D eigenvalue weighted by Crippen LogP contribution is 2.26. The molecule has 110 valence electrons. The average molecular weight is 287 g/mol. The quantitative estimate of drug-likeness (QED) is 0.924. The fraction of sp³-hybridized carbons (Fsp3) is 0.500. The monoisotopic (exact) mass is 287 g/mol. The molecule has 2 rings (SSSR count). The van der Waals surface area contributed by atoms with Crippen LogP contribution in [0.5, 0.6) is 5.75 Å². The molecule has 1 aromatic carbocycles. The molecule has 1 amide bonds. The van der Waals surface area contributed by atoms with E-state index in [0.29, 0.717) is 13.2 Å². The predicted molar refractivity (Wildman–Crippen MR) is 67.4 cm³/mol. The first-order chi connectivity index (χ1) is 9.44. The highest BCUT2D eigenvalue weighted by Gasteiger charge is 2.28. The molecule has 1 aliphatic rings. The number of alkyl halides is 3. The third kappa shape index (κ3) is 4.43. The first kappa shape index (κ1) is 14.7. The standard InChI is InChI=1S/C14H16F3NO2/c15-14(16,17)6-5-13(19)18-8-10-7-11-3-1-2-4-12(11)20-9-10/h1-4,10H,5-9H2,(H,18,19)/t10-/m1/s1. The van der Waals surface area contributed by atoms with Crippen LogP contribution in [0, 0.1) is 5.92 Å². The van der Waals surface area contributed by atoms with Gasteiger partial charge in [0.05, 0.1) is 13.0 Å². The van der Waals surface area contributed by atoms with Gasteiger partial charge in [-0.25, -0.2) is 0 Å². The van der Waals surface area contributed by atoms with Crippen molar-refractivity contribution in [3.8, 4) is 5.75 Å². The van der Waals surface area contributed by atoms with Crippen molar-refractivity contribution in [2.24, 2.45) is 5.92 Å². The summed E-state index contributed by atoms with van der Waals surface area (Å²) in [5.74, 6) is 0.369. The van der Waals surface area contributed by atoms with Crippen molar-refractivity contribution in [2.45, 2.75) is 25.4 Å². The van der Waals surface area contributed by atoms with Crippen molar-refractivity contribution in [3.63, 3.8) is 0 Å². The number of fused-ring (bicyclic) bond motifs is 1. The Morgan fingerprint density at radius 2 is 2.10 bits per heavy atom. The van der Waals surface area contributed by atoms with E-state index in [1.165, 1.54) is 0 Å². The van der Waals surface area contributed by atoms with E-state index in [-0.39, 0.29) is 5.92 Å². The number of nitrogens with one attached hydrogen (secondary N) is 1. The SMILES string of the molecule is O=C(CCC(F)(F)F)NC[C@@H]1COc2ccccc2C1. The van der Waals surface area contributed by atoms with E-state index in [1.807, 2.05) is 24.3 Å². The van der Waals surface area contributed by atoms with Gasteiger partial charge in [0.15, 0.2) is 0 Å². The Hall–Kier alpha value is -1.72. The summed E-state index contributed by atoms with van der Waals surface area (Å²) < 4.78 is 41.5. The van der Waals surface area contributed by atoms with Gasteiger partial charge in [0.25, 0.3) is 0 Å². The van der Waals surface area contributed by atoms with E-state index < -0.39 is 24.9 Å². The number of rotatable bonds is 4. The lowest BCUT2D eigenvalue weighted by atomic mass is 9.97. The van der Waals surface area contributed by atoms with E-state index in [2.05, 4.69) is 5.32 Å². The minimum atomic E-state index is -4.29. The summed E-state index contributed by atoms with van der Waals surface area (Å²) in [6.45, 7) is 0.807. The molecule has 1 heterocycles. The van der Waals surface area contributed by atoms with Crippen LogP contribution in [-0.4, -0.2) is 25.2 Å². The molecule has 0 saturated carbocycles. The van der Waals surface area contributed by atoms with Gasteiger partial charge in [-0.1, -0.05) is 18.2 Å². The van der Waals surface area contributed by atoms with Crippen molar-refractivity contribution in [3.05, 3.63) is 29.8 Å². The molecule has 0 unspecified atom stereocenters. The Bertz CT molecular complexity index is 474. The Morgan fingerprint density at radius 3 is 2.85 bits per heavy atom. The van der Waals surface area contributed by atoms with Crippen molar-refractivity contribution >= 4 is 5.91 Å². The molecule has 1 N–H and O–H groups in total. The van der Waals surface area contributed by atoms with Crippen LogP contribution >= 0.6 is 0 Å². The van der Waals surface area contributed by atoms with Crippen LogP contribution in [0.15, 0.2) is 24.3 Å². The number of benzene rings is 1. The van der Waals surface area contributed by atoms with Crippen LogP contribution < -0.4 is 10.1 Å². The van der Waals surface area contributed by atoms with Gasteiger partial charge < -0.3 is 10.1 Å². The fourth-order valence-electron chi connectivity index (χ4n) is 2.12. The molecule has 0 bridgehead atoms. The zero-order valence-electron chi connectivity index (χ0n) is 10.9. The molecule has 20 heavy (non-hydrogen) atoms. The second-order valence-corrected chi connectivity index (χ2v) is 4.91. The van der Waals surface area contributed by atoms with Crippen LogP contribution in [0.25, 0.3) is 0 Å². The zero-order valence-corrected chi connectivity index (χ0v) is 10.9. The lowest BCUT2D eigenvalue weighted by Crippen LogP contribution is -2.35. The molecule has 0 radical (unpaired) electrons. The second-order valence-electron chi connectivity index (χ2n) is 4.91. The summed E-state index contributed by atoms with van der Waals surface area (Å²) in [5.41, 5.74) is 1.06. The van der Waals surface area contributed by atoms with Crippen LogP contribution in [0.3, 0.4) is 0 Å². The third-order valence-corrected chi connectivity index (χ3v) is 3.18. The minimum Gasteiger partial charge on any atom is -0.493 e. The largest absolute Gasteiger partial charge is 0.493 e. The molecule has 0 saturated heterocycles. The van der Waals surface area contributed by atoms with E-state index >= 15 is 0 Å². The van der Waals surface area contributed by atoms with Crippen molar-refractivity contribution in [1.29, 1.82) is 0 Å². The molecule has 0 fully saturated rings. The van der Waals surface area contributed by atoms with E-state index in [9.17, 15) is 18.0 Å². The van der Waals surface area contributed by atoms with Gasteiger partial charge in [0.1, 0.15) is 5.75 Å². The highest BCUT2D eigenvalue weighted by molar-refractivity contribution is 5.75. The Kier molecular flexibility index (Phi) is 4.52. The number of ether oxygens (including phenoxy) is 1. The highest BCUT2D eigenvalue weighted by atomic mass is 19.4. The summed E-state index contributed by atoms with van der Waals surface area (Å²) in [6.07, 6.45) is -5.13. The van der Waals surface area contributed by atoms with Crippen LogP contribution in [0.4, 0.5) is 13.2 Å². The summed E-state index contributed by atoms with van der Waals surface area (Å²) >= 11 is 0. The molecule has 1 atom stereocenters. The molecular formula is C14H16F3NO2. The van der Waals surface area contributed by atoms with Crippen LogP contribution in [-0.2, 0) is 11.2 Å². The summed E-state index contributed by atoms with van der Waals surface area (Å²) in [6, 6.07) is 7.63. The Morgan fingerprint density at radius 1 is 1.35 bits per heavy atom. The summed E-state index contributed by atoms with van der Waals surface area (Å²) in [4.78, 5) is 11.3. The lowest BCUT2D eigenvalue weighted by Gasteiger charge is -2.25. The Labute approximate surface area is 115 Å². The predicted octanol–water partition coefficient (Wildman–Crippen LogP) is 2.70. The van der Waals surface area contributed by atoms with Crippen molar-refractivity contribution < 1.29 is 22.7 Å². The zero-order chi connectivity index (χ0) is 14.6. The van der Waals surface area contributed by atoms with Gasteiger partial charge in [-0.15, -0.1) is 0 Å². The van der Waals surface area contributed by atoms with Crippen LogP contribution in [0.2, 0.25) is 0 Å². The topological polar surface area (TPSA) is 38.3 Å². The van der Waals surface area contributed by atoms with Gasteiger partial charge in [0, 0.05) is 18.9 Å². The number of hydrogen-bond donors (Lipinski definition) is 1. The molecular weight excluding hydrogens is 271 g/mol. The second kappa shape index (κ2) is 6.15. The molecule has 0 aromatic heterocycles. The summed E-state index contributed by atoms with van der Waals surface area (Å²) in [7, 11) is 0. The summed E-state index contributed by atoms with van der Waals surface area (Å²) in [5, 5.41) is 2.54. The maximum Gasteiger partial charge on any atom is 0.389 e. The molecule has 0 spiro atoms. The molecule has 0 aliphatic carbocycles. The van der Waals surface area contributed by atoms with Gasteiger partial charge in [-0.3, -0.25) is 4.79 Å². The lowest BCUT2D eigenvalue weighted by molar-refractivity contribution is -0.144. The van der Waals surface area contributed by atoms with Gasteiger partial charge in [0.2, 0.25) is 5.91 Å². The number of hydrogen-bond acceptors (Lipinski definition) is 2. The van der Waals surface area contributed by atoms with E-state index in [1.54, 1.807) is 0 Å². The maximum absolute atomic E-state index is 12.0. The van der Waals surface area contributed by atoms with E-state index in [0.717, 1.165) is 17.7 Å². The molecule has 1 aromatic rings. The number of halogens is 3. The van der Waals surface area contributed by atoms with Crippen molar-refractivity contribution in [2.75, 3.05) is 13.2 Å². The molecule has 3 nitrogen and oxygen atoms in total. The minimum absolute atomic E-state index is 0.0970. The number of carbonyl (C=O) groups is 1. The van der Waals surface area contributed by atoms with Gasteiger partial charge in [-0.05, 0) is 18.1 Å². The molecule has 6 heteroatoms. The van der Waals surface area contributed by atoms with Gasteiger partial charge >= 0.3 is 6.18 Å². The average Bonchev–Trinajstić information content (AvgIpc) is 2.42. The number of para-hydroxylation sites is 1. The smallest absolute Gasteiger partial charge is 0.389 e. The number of amides is 1. The first-order valence-electron chi connectivity index (χ1n) is 6.48. The third-order valence-electron chi connectivity index (χ3n) is 3.18. The maximum atomic E-state index is 12.0. The normalized spacial score (nSPS) is 18.1. The number of carbonyl (C=O) groups excluding carboxylic acids is 1.